The number of aromatic nitrogens is 1. The van der Waals surface area contributed by atoms with Crippen LogP contribution in [0.15, 0.2) is 12.1 Å². The molecule has 1 fully saturated rings. The zero-order chi connectivity index (χ0) is 14.1. The lowest BCUT2D eigenvalue weighted by Gasteiger charge is -2.19. The first-order valence-electron chi connectivity index (χ1n) is 7.66. The highest BCUT2D eigenvalue weighted by Gasteiger charge is 2.15. The Bertz CT molecular complexity index is 604. The van der Waals surface area contributed by atoms with Crippen LogP contribution in [0.4, 0.5) is 0 Å². The SMILES string of the molecule is Cc1cc(C)c2[nH]c(C)c(CN3CCCNCC3)c2c1. The molecule has 0 unspecified atom stereocenters. The first-order valence-corrected chi connectivity index (χ1v) is 7.66. The summed E-state index contributed by atoms with van der Waals surface area (Å²) in [5.41, 5.74) is 6.83. The van der Waals surface area contributed by atoms with E-state index >= 15 is 0 Å². The molecule has 0 radical (unpaired) electrons. The molecule has 20 heavy (non-hydrogen) atoms. The largest absolute Gasteiger partial charge is 0.358 e. The fourth-order valence-electron chi connectivity index (χ4n) is 3.32. The van der Waals surface area contributed by atoms with E-state index in [9.17, 15) is 0 Å². The number of hydrogen-bond acceptors (Lipinski definition) is 2. The van der Waals surface area contributed by atoms with E-state index in [0.717, 1.165) is 26.2 Å². The fraction of sp³-hybridized carbons (Fsp3) is 0.529. The van der Waals surface area contributed by atoms with Gasteiger partial charge in [-0.1, -0.05) is 11.6 Å². The lowest BCUT2D eigenvalue weighted by atomic mass is 10.0. The van der Waals surface area contributed by atoms with Gasteiger partial charge >= 0.3 is 0 Å². The minimum atomic E-state index is 1.07. The lowest BCUT2D eigenvalue weighted by molar-refractivity contribution is 0.285. The molecule has 1 saturated heterocycles. The van der Waals surface area contributed by atoms with Crippen molar-refractivity contribution in [3.8, 4) is 0 Å². The Morgan fingerprint density at radius 2 is 1.95 bits per heavy atom. The van der Waals surface area contributed by atoms with Crippen molar-refractivity contribution in [2.24, 2.45) is 0 Å². The van der Waals surface area contributed by atoms with Gasteiger partial charge in [-0.05, 0) is 57.5 Å². The Morgan fingerprint density at radius 1 is 1.10 bits per heavy atom. The fourth-order valence-corrected chi connectivity index (χ4v) is 3.32. The summed E-state index contributed by atoms with van der Waals surface area (Å²) in [6, 6.07) is 4.59. The lowest BCUT2D eigenvalue weighted by Crippen LogP contribution is -2.27. The van der Waals surface area contributed by atoms with Gasteiger partial charge in [-0.2, -0.15) is 0 Å². The summed E-state index contributed by atoms with van der Waals surface area (Å²) in [5.74, 6) is 0. The van der Waals surface area contributed by atoms with E-state index in [2.05, 4.69) is 48.1 Å². The quantitative estimate of drug-likeness (QED) is 0.880. The van der Waals surface area contributed by atoms with E-state index < -0.39 is 0 Å². The second kappa shape index (κ2) is 5.58. The molecule has 1 aromatic carbocycles. The smallest absolute Gasteiger partial charge is 0.0489 e. The Labute approximate surface area is 121 Å². The van der Waals surface area contributed by atoms with Crippen LogP contribution in [0, 0.1) is 20.8 Å². The summed E-state index contributed by atoms with van der Waals surface area (Å²) < 4.78 is 0. The Kier molecular flexibility index (Phi) is 3.81. The van der Waals surface area contributed by atoms with Gasteiger partial charge in [0.2, 0.25) is 0 Å². The average Bonchev–Trinajstić information content (AvgIpc) is 2.61. The molecule has 0 bridgehead atoms. The molecule has 1 aliphatic rings. The number of H-pyrrole nitrogens is 1. The van der Waals surface area contributed by atoms with Crippen LogP contribution < -0.4 is 5.32 Å². The number of aryl methyl sites for hydroxylation is 3. The van der Waals surface area contributed by atoms with Gasteiger partial charge in [0.05, 0.1) is 0 Å². The second-order valence-corrected chi connectivity index (χ2v) is 6.11. The minimum absolute atomic E-state index is 1.07. The van der Waals surface area contributed by atoms with E-state index in [1.54, 1.807) is 0 Å². The van der Waals surface area contributed by atoms with Crippen LogP contribution in [0.2, 0.25) is 0 Å². The van der Waals surface area contributed by atoms with Crippen LogP contribution in [0.1, 0.15) is 28.8 Å². The van der Waals surface area contributed by atoms with Gasteiger partial charge in [0, 0.05) is 36.2 Å². The van der Waals surface area contributed by atoms with Gasteiger partial charge in [0.15, 0.2) is 0 Å². The summed E-state index contributed by atoms with van der Waals surface area (Å²) in [6.07, 6.45) is 1.25. The van der Waals surface area contributed by atoms with Crippen LogP contribution >= 0.6 is 0 Å². The molecule has 2 N–H and O–H groups in total. The van der Waals surface area contributed by atoms with E-state index in [1.807, 2.05) is 0 Å². The normalized spacial score (nSPS) is 17.6. The number of fused-ring (bicyclic) bond motifs is 1. The molecule has 3 nitrogen and oxygen atoms in total. The molecular formula is C17H25N3. The maximum absolute atomic E-state index is 3.59. The summed E-state index contributed by atoms with van der Waals surface area (Å²) in [7, 11) is 0. The summed E-state index contributed by atoms with van der Waals surface area (Å²) in [6.45, 7) is 12.3. The van der Waals surface area contributed by atoms with Gasteiger partial charge in [-0.25, -0.2) is 0 Å². The molecule has 108 valence electrons. The molecule has 2 heterocycles. The molecule has 0 atom stereocenters. The first-order chi connectivity index (χ1) is 9.65. The minimum Gasteiger partial charge on any atom is -0.358 e. The predicted molar refractivity (Wildman–Crippen MR) is 85.3 cm³/mol. The van der Waals surface area contributed by atoms with Crippen LogP contribution in [0.25, 0.3) is 10.9 Å². The summed E-state index contributed by atoms with van der Waals surface area (Å²) >= 11 is 0. The molecule has 3 rings (SSSR count). The molecule has 1 aromatic heterocycles. The number of nitrogens with one attached hydrogen (secondary N) is 2. The number of rotatable bonds is 2. The van der Waals surface area contributed by atoms with E-state index in [0.29, 0.717) is 0 Å². The van der Waals surface area contributed by atoms with Crippen molar-refractivity contribution >= 4 is 10.9 Å². The molecule has 0 saturated carbocycles. The van der Waals surface area contributed by atoms with Crippen molar-refractivity contribution in [3.05, 3.63) is 34.5 Å². The molecular weight excluding hydrogens is 246 g/mol. The van der Waals surface area contributed by atoms with Gasteiger partial charge in [0.25, 0.3) is 0 Å². The highest BCUT2D eigenvalue weighted by molar-refractivity contribution is 5.87. The van der Waals surface area contributed by atoms with Gasteiger partial charge in [0.1, 0.15) is 0 Å². The number of aromatic amines is 1. The van der Waals surface area contributed by atoms with Crippen molar-refractivity contribution in [1.82, 2.24) is 15.2 Å². The van der Waals surface area contributed by atoms with E-state index in [-0.39, 0.29) is 0 Å². The van der Waals surface area contributed by atoms with Gasteiger partial charge in [-0.15, -0.1) is 0 Å². The van der Waals surface area contributed by atoms with Crippen molar-refractivity contribution in [3.63, 3.8) is 0 Å². The van der Waals surface area contributed by atoms with E-state index in [4.69, 9.17) is 0 Å². The van der Waals surface area contributed by atoms with Crippen LogP contribution in [0.5, 0.6) is 0 Å². The van der Waals surface area contributed by atoms with Crippen molar-refractivity contribution < 1.29 is 0 Å². The maximum atomic E-state index is 3.59. The highest BCUT2D eigenvalue weighted by atomic mass is 15.1. The first kappa shape index (κ1) is 13.7. The van der Waals surface area contributed by atoms with Crippen LogP contribution in [0.3, 0.4) is 0 Å². The zero-order valence-corrected chi connectivity index (χ0v) is 12.8. The standard InChI is InChI=1S/C17H25N3/c1-12-9-13(2)17-15(10-12)16(14(3)19-17)11-20-7-4-5-18-6-8-20/h9-10,18-19H,4-8,11H2,1-3H3. The molecule has 3 heteroatoms. The third-order valence-corrected chi connectivity index (χ3v) is 4.38. The molecule has 0 amide bonds. The summed E-state index contributed by atoms with van der Waals surface area (Å²) in [4.78, 5) is 6.16. The van der Waals surface area contributed by atoms with Crippen molar-refractivity contribution in [2.75, 3.05) is 26.2 Å². The van der Waals surface area contributed by atoms with Crippen LogP contribution in [-0.4, -0.2) is 36.1 Å². The topological polar surface area (TPSA) is 31.1 Å². The predicted octanol–water partition coefficient (Wildman–Crippen LogP) is 2.89. The third kappa shape index (κ3) is 2.60. The zero-order valence-electron chi connectivity index (χ0n) is 12.8. The molecule has 2 aromatic rings. The number of nitrogens with zero attached hydrogens (tertiary/aromatic N) is 1. The van der Waals surface area contributed by atoms with Gasteiger partial charge < -0.3 is 10.3 Å². The number of hydrogen-bond donors (Lipinski definition) is 2. The Hall–Kier alpha value is -1.32. The molecule has 0 spiro atoms. The van der Waals surface area contributed by atoms with E-state index in [1.165, 1.54) is 46.3 Å². The van der Waals surface area contributed by atoms with Crippen molar-refractivity contribution in [1.29, 1.82) is 0 Å². The number of benzene rings is 1. The maximum Gasteiger partial charge on any atom is 0.0489 e. The highest BCUT2D eigenvalue weighted by Crippen LogP contribution is 2.27. The Morgan fingerprint density at radius 3 is 2.80 bits per heavy atom. The molecule has 0 aliphatic carbocycles. The van der Waals surface area contributed by atoms with Crippen LogP contribution in [-0.2, 0) is 6.54 Å². The monoisotopic (exact) mass is 271 g/mol. The third-order valence-electron chi connectivity index (χ3n) is 4.38. The van der Waals surface area contributed by atoms with Gasteiger partial charge in [-0.3, -0.25) is 4.90 Å². The molecule has 1 aliphatic heterocycles. The average molecular weight is 271 g/mol. The second-order valence-electron chi connectivity index (χ2n) is 6.11. The van der Waals surface area contributed by atoms with Crippen molar-refractivity contribution in [2.45, 2.75) is 33.7 Å². The summed E-state index contributed by atoms with van der Waals surface area (Å²) in [5, 5.41) is 4.89. The Balaban J connectivity index is 1.95.